The van der Waals surface area contributed by atoms with Crippen molar-refractivity contribution in [2.45, 2.75) is 24.6 Å². The fraction of sp³-hybridized carbons (Fsp3) is 0.600. The molecule has 0 saturated carbocycles. The van der Waals surface area contributed by atoms with E-state index in [1.165, 1.54) is 0 Å². The number of hydrogen-bond donors (Lipinski definition) is 2. The third kappa shape index (κ3) is 3.33. The van der Waals surface area contributed by atoms with Crippen molar-refractivity contribution in [3.63, 3.8) is 0 Å². The molecule has 1 fully saturated rings. The van der Waals surface area contributed by atoms with E-state index in [0.29, 0.717) is 0 Å². The van der Waals surface area contributed by atoms with E-state index in [0.717, 1.165) is 5.56 Å². The lowest BCUT2D eigenvalue weighted by molar-refractivity contribution is 0.542. The van der Waals surface area contributed by atoms with Crippen molar-refractivity contribution >= 4 is 19.9 Å². The Hall–Kier alpha value is -0.860. The highest BCUT2D eigenvalue weighted by Crippen LogP contribution is 2.18. The van der Waals surface area contributed by atoms with Crippen molar-refractivity contribution in [1.29, 1.82) is 0 Å². The zero-order valence-corrected chi connectivity index (χ0v) is 11.4. The maximum atomic E-state index is 12.0. The van der Waals surface area contributed by atoms with Gasteiger partial charge in [0.15, 0.2) is 0 Å². The summed E-state index contributed by atoms with van der Waals surface area (Å²) in [5.41, 5.74) is 0.849. The van der Waals surface area contributed by atoms with Gasteiger partial charge in [0.25, 0.3) is 0 Å². The zero-order valence-electron chi connectivity index (χ0n) is 9.79. The van der Waals surface area contributed by atoms with Crippen LogP contribution in [0.3, 0.4) is 0 Å². The van der Waals surface area contributed by atoms with Gasteiger partial charge in [0.05, 0.1) is 16.8 Å². The van der Waals surface area contributed by atoms with Crippen LogP contribution in [0.4, 0.5) is 0 Å². The number of rotatable bonds is 4. The summed E-state index contributed by atoms with van der Waals surface area (Å²) in [5, 5.41) is -0.597. The summed E-state index contributed by atoms with van der Waals surface area (Å²) in [6, 6.07) is 1.79. The van der Waals surface area contributed by atoms with E-state index in [1.54, 1.807) is 18.5 Å². The molecular formula is C10H16N2O4S2. The molecule has 102 valence electrons. The third-order valence-electron chi connectivity index (χ3n) is 3.08. The summed E-state index contributed by atoms with van der Waals surface area (Å²) in [6.07, 6.45) is 3.81. The highest BCUT2D eigenvalue weighted by Gasteiger charge is 2.32. The van der Waals surface area contributed by atoms with Crippen LogP contribution in [-0.4, -0.2) is 38.6 Å². The fourth-order valence-corrected chi connectivity index (χ4v) is 5.20. The van der Waals surface area contributed by atoms with Crippen LogP contribution in [0.15, 0.2) is 18.5 Å². The molecule has 0 spiro atoms. The summed E-state index contributed by atoms with van der Waals surface area (Å²) in [6.45, 7) is 0.231. The fourth-order valence-electron chi connectivity index (χ4n) is 1.95. The van der Waals surface area contributed by atoms with Crippen LogP contribution in [0.1, 0.15) is 18.4 Å². The van der Waals surface area contributed by atoms with Gasteiger partial charge in [-0.15, -0.1) is 0 Å². The maximum Gasteiger partial charge on any atom is 0.214 e. The number of sulfonamides is 1. The molecule has 0 bridgehead atoms. The highest BCUT2D eigenvalue weighted by molar-refractivity contribution is 7.92. The first kappa shape index (κ1) is 13.6. The zero-order chi connectivity index (χ0) is 13.2. The summed E-state index contributed by atoms with van der Waals surface area (Å²) in [7, 11) is -6.47. The van der Waals surface area contributed by atoms with E-state index in [2.05, 4.69) is 9.71 Å². The maximum absolute atomic E-state index is 12.0. The van der Waals surface area contributed by atoms with Crippen molar-refractivity contribution in [3.05, 3.63) is 24.0 Å². The third-order valence-corrected chi connectivity index (χ3v) is 6.69. The van der Waals surface area contributed by atoms with Gasteiger partial charge in [0.1, 0.15) is 9.84 Å². The minimum Gasteiger partial charge on any atom is -0.367 e. The number of nitrogens with one attached hydrogen (secondary N) is 2. The van der Waals surface area contributed by atoms with Gasteiger partial charge in [-0.3, -0.25) is 0 Å². The lowest BCUT2D eigenvalue weighted by Gasteiger charge is -2.22. The second kappa shape index (κ2) is 5.02. The Bertz CT molecular complexity index is 576. The van der Waals surface area contributed by atoms with Gasteiger partial charge in [-0.2, -0.15) is 0 Å². The largest absolute Gasteiger partial charge is 0.367 e. The van der Waals surface area contributed by atoms with Crippen LogP contribution in [0.2, 0.25) is 0 Å². The van der Waals surface area contributed by atoms with Gasteiger partial charge < -0.3 is 4.98 Å². The Kier molecular flexibility index (Phi) is 3.79. The predicted octanol–water partition coefficient (Wildman–Crippen LogP) is 0.0113. The second-order valence-corrected chi connectivity index (χ2v) is 8.79. The van der Waals surface area contributed by atoms with Gasteiger partial charge >= 0.3 is 0 Å². The molecule has 0 atom stereocenters. The molecule has 0 unspecified atom stereocenters. The van der Waals surface area contributed by atoms with E-state index in [1.807, 2.05) is 0 Å². The molecule has 1 aromatic heterocycles. The molecule has 18 heavy (non-hydrogen) atoms. The average molecular weight is 292 g/mol. The molecule has 2 N–H and O–H groups in total. The number of H-pyrrole nitrogens is 1. The average Bonchev–Trinajstić information content (AvgIpc) is 2.79. The van der Waals surface area contributed by atoms with E-state index < -0.39 is 25.1 Å². The molecule has 1 aromatic rings. The molecule has 0 amide bonds. The van der Waals surface area contributed by atoms with Gasteiger partial charge in [-0.1, -0.05) is 0 Å². The molecule has 1 aliphatic heterocycles. The quantitative estimate of drug-likeness (QED) is 0.817. The molecule has 0 aliphatic carbocycles. The first-order valence-electron chi connectivity index (χ1n) is 5.70. The Balaban J connectivity index is 1.95. The number of aromatic nitrogens is 1. The Morgan fingerprint density at radius 1 is 1.33 bits per heavy atom. The van der Waals surface area contributed by atoms with Crippen molar-refractivity contribution < 1.29 is 16.8 Å². The molecule has 0 aromatic carbocycles. The Morgan fingerprint density at radius 3 is 2.56 bits per heavy atom. The summed E-state index contributed by atoms with van der Waals surface area (Å²) < 4.78 is 49.0. The summed E-state index contributed by atoms with van der Waals surface area (Å²) >= 11 is 0. The predicted molar refractivity (Wildman–Crippen MR) is 68.2 cm³/mol. The van der Waals surface area contributed by atoms with Crippen molar-refractivity contribution in [2.24, 2.45) is 0 Å². The van der Waals surface area contributed by atoms with Crippen molar-refractivity contribution in [3.8, 4) is 0 Å². The SMILES string of the molecule is O=S1(=O)CCC(S(=O)(=O)NCc2cc[nH]c2)CC1. The van der Waals surface area contributed by atoms with Crippen molar-refractivity contribution in [2.75, 3.05) is 11.5 Å². The van der Waals surface area contributed by atoms with Crippen LogP contribution in [0.5, 0.6) is 0 Å². The van der Waals surface area contributed by atoms with Gasteiger partial charge in [-0.25, -0.2) is 21.6 Å². The smallest absolute Gasteiger partial charge is 0.214 e. The monoisotopic (exact) mass is 292 g/mol. The second-order valence-electron chi connectivity index (χ2n) is 4.44. The van der Waals surface area contributed by atoms with Crippen LogP contribution in [0.25, 0.3) is 0 Å². The minimum atomic E-state index is -3.44. The summed E-state index contributed by atoms with van der Waals surface area (Å²) in [4.78, 5) is 2.84. The highest BCUT2D eigenvalue weighted by atomic mass is 32.2. The first-order valence-corrected chi connectivity index (χ1v) is 9.06. The standard InChI is InChI=1S/C10H16N2O4S2/c13-17(14)5-2-10(3-6-17)18(15,16)12-8-9-1-4-11-7-9/h1,4,7,10-12H,2-3,5-6,8H2. The number of hydrogen-bond acceptors (Lipinski definition) is 4. The van der Waals surface area contributed by atoms with Gasteiger partial charge in [0, 0.05) is 18.9 Å². The first-order chi connectivity index (χ1) is 8.39. The van der Waals surface area contributed by atoms with E-state index >= 15 is 0 Å². The lowest BCUT2D eigenvalue weighted by Crippen LogP contribution is -2.39. The Labute approximate surface area is 107 Å². The van der Waals surface area contributed by atoms with E-state index in [9.17, 15) is 16.8 Å². The van der Waals surface area contributed by atoms with Crippen LogP contribution in [-0.2, 0) is 26.4 Å². The Morgan fingerprint density at radius 2 is 2.00 bits per heavy atom. The minimum absolute atomic E-state index is 0.0390. The normalized spacial score (nSPS) is 20.9. The topological polar surface area (TPSA) is 96.1 Å². The van der Waals surface area contributed by atoms with E-state index in [4.69, 9.17) is 0 Å². The van der Waals surface area contributed by atoms with Crippen molar-refractivity contribution in [1.82, 2.24) is 9.71 Å². The molecular weight excluding hydrogens is 276 g/mol. The molecule has 0 radical (unpaired) electrons. The molecule has 2 heterocycles. The number of aromatic amines is 1. The van der Waals surface area contributed by atoms with Crippen LogP contribution in [0, 0.1) is 0 Å². The molecule has 6 nitrogen and oxygen atoms in total. The van der Waals surface area contributed by atoms with Gasteiger partial charge in [0.2, 0.25) is 10.0 Å². The van der Waals surface area contributed by atoms with Gasteiger partial charge in [-0.05, 0) is 24.5 Å². The molecule has 2 rings (SSSR count). The summed E-state index contributed by atoms with van der Waals surface area (Å²) in [5.74, 6) is -0.0779. The van der Waals surface area contributed by atoms with Crippen LogP contribution >= 0.6 is 0 Å². The lowest BCUT2D eigenvalue weighted by atomic mass is 10.2. The molecule has 1 saturated heterocycles. The number of sulfone groups is 1. The molecule has 8 heteroatoms. The van der Waals surface area contributed by atoms with E-state index in [-0.39, 0.29) is 30.9 Å². The molecule has 1 aliphatic rings. The van der Waals surface area contributed by atoms with Crippen LogP contribution < -0.4 is 4.72 Å².